The summed E-state index contributed by atoms with van der Waals surface area (Å²) in [5.74, 6) is -0.440. The van der Waals surface area contributed by atoms with Crippen LogP contribution in [0.25, 0.3) is 106 Å². The second-order valence-corrected chi connectivity index (χ2v) is 26.7. The van der Waals surface area contributed by atoms with Crippen molar-refractivity contribution in [3.63, 3.8) is 0 Å². The summed E-state index contributed by atoms with van der Waals surface area (Å²) in [7, 11) is -6.81. The van der Waals surface area contributed by atoms with Crippen LogP contribution in [0.3, 0.4) is 0 Å². The summed E-state index contributed by atoms with van der Waals surface area (Å²) in [6.45, 7) is -4.72. The van der Waals surface area contributed by atoms with Crippen molar-refractivity contribution in [1.82, 2.24) is 14.1 Å². The predicted molar refractivity (Wildman–Crippen MR) is 404 cm³/mol. The molecule has 0 aliphatic heterocycles. The van der Waals surface area contributed by atoms with Gasteiger partial charge in [0.1, 0.15) is 5.82 Å². The molecule has 0 amide bonds. The number of hydrogen-bond acceptors (Lipinski definition) is 2. The Balaban J connectivity index is 0.0000148. The molecule has 3 heterocycles. The molecule has 0 unspecified atom stereocenters. The van der Waals surface area contributed by atoms with Crippen LogP contribution in [-0.4, -0.2) is 22.2 Å². The fraction of sp³-hybridized carbons (Fsp3) is 0.0769. The molecule has 0 aliphatic carbocycles. The number of ether oxygens (including phenoxy) is 1. The zero-order valence-corrected chi connectivity index (χ0v) is 54.8. The monoisotopic (exact) mass is 1500 g/mol. The van der Waals surface area contributed by atoms with E-state index in [4.69, 9.17) is 32.2 Å². The van der Waals surface area contributed by atoms with Crippen molar-refractivity contribution < 1.29 is 87.9 Å². The van der Waals surface area contributed by atoms with Crippen molar-refractivity contribution >= 4 is 61.7 Å². The largest absolute Gasteiger partial charge is 0.510 e. The molecule has 0 radical (unpaired) electrons. The summed E-state index contributed by atoms with van der Waals surface area (Å²) in [4.78, 5) is 4.67. The molecule has 0 N–H and O–H groups in total. The van der Waals surface area contributed by atoms with Gasteiger partial charge in [0, 0.05) is 62.2 Å². The maximum Gasteiger partial charge on any atom is 0.268 e. The summed E-state index contributed by atoms with van der Waals surface area (Å²) >= 11 is 0. The quantitative estimate of drug-likeness (QED) is 0.0471. The van der Waals surface area contributed by atoms with Gasteiger partial charge in [-0.15, -0.1) is 29.7 Å². The third kappa shape index (κ3) is 11.4. The molecule has 0 aliphatic rings. The van der Waals surface area contributed by atoms with Gasteiger partial charge in [0.05, 0.1) is 62.0 Å². The van der Waals surface area contributed by atoms with E-state index in [1.807, 2.05) is 0 Å². The second kappa shape index (κ2) is 26.2. The van der Waals surface area contributed by atoms with Crippen molar-refractivity contribution in [3.8, 4) is 84.3 Å². The molecule has 5 nitrogen and oxygen atoms in total. The van der Waals surface area contributed by atoms with E-state index in [1.165, 1.54) is 92.1 Å². The van der Waals surface area contributed by atoms with E-state index in [0.717, 1.165) is 27.5 Å². The minimum atomic E-state index is -6.81. The van der Waals surface area contributed by atoms with Crippen molar-refractivity contribution in [2.24, 2.45) is 0 Å². The molecule has 16 rings (SSSR count). The summed E-state index contributed by atoms with van der Waals surface area (Å²) in [5.41, 5.74) is -11.6. The van der Waals surface area contributed by atoms with Crippen molar-refractivity contribution in [2.75, 3.05) is 0 Å². The molecule has 13 aromatic carbocycles. The van der Waals surface area contributed by atoms with Crippen molar-refractivity contribution in [1.29, 1.82) is 0 Å². The van der Waals surface area contributed by atoms with Crippen LogP contribution in [-0.2, 0) is 26.5 Å². The molecule has 0 atom stereocenters. The van der Waals surface area contributed by atoms with Gasteiger partial charge in [-0.05, 0) is 166 Å². The van der Waals surface area contributed by atoms with E-state index >= 15 is 0 Å². The van der Waals surface area contributed by atoms with Gasteiger partial charge in [-0.25, -0.2) is 4.98 Å². The molecular formula is C91H70N4OPtSi-2. The van der Waals surface area contributed by atoms with E-state index in [0.29, 0.717) is 16.3 Å². The maximum atomic E-state index is 11.0. The van der Waals surface area contributed by atoms with Crippen LogP contribution in [0.5, 0.6) is 11.5 Å². The van der Waals surface area contributed by atoms with Crippen LogP contribution >= 0.6 is 0 Å². The number of imidazole rings is 1. The van der Waals surface area contributed by atoms with Gasteiger partial charge < -0.3 is 13.9 Å². The maximum absolute atomic E-state index is 11.0. The fourth-order valence-corrected chi connectivity index (χ4v) is 16.1. The normalized spacial score (nSPS) is 18.2. The molecule has 0 spiro atoms. The van der Waals surface area contributed by atoms with E-state index < -0.39 is 321 Å². The summed E-state index contributed by atoms with van der Waals surface area (Å²) < 4.78 is 407. The van der Waals surface area contributed by atoms with Crippen LogP contribution in [0.4, 0.5) is 0 Å². The first-order valence-electron chi connectivity index (χ1n) is 50.9. The minimum Gasteiger partial charge on any atom is -0.510 e. The van der Waals surface area contributed by atoms with Crippen molar-refractivity contribution in [2.45, 2.75) is 46.7 Å². The number of nitrogens with zero attached hydrogens (tertiary/aromatic N) is 4. The Bertz CT molecular complexity index is 7630. The molecule has 16 aromatic rings. The third-order valence-electron chi connectivity index (χ3n) is 16.4. The predicted octanol–water partition coefficient (Wildman–Crippen LogP) is 19.5. The Labute approximate surface area is 648 Å². The zero-order valence-electron chi connectivity index (χ0n) is 93.5. The van der Waals surface area contributed by atoms with Crippen molar-refractivity contribution in [3.05, 3.63) is 356 Å². The average molecular weight is 1500 g/mol. The molecule has 0 fully saturated rings. The van der Waals surface area contributed by atoms with Gasteiger partial charge >= 0.3 is 0 Å². The SMILES string of the molecule is [2H]c1c([2H])c([2H])c(-c2cnc(-n3c4[c-]c(Oc5[c-]c(-n6[c-][n+](-c7c(-c8c([2H])c(-c9c([2H])c([2H])c([2H])c([2H])c9[2H])c([2H])c(-c9c([2H])c([2H])c([2H])c([2H])c9[2H])c8[2H])cc(C(C)(C)C)cc7[Si](c7c([2H])c([2H])c([2H])c([2H])c7[2H])(c7c([2H])c([2H])c([2H])c([2H])c7[2H])c7c([2H])c([2H])c([2H])c([2H])c7[2H])c7ccc(-c8c(C([2H])([2H])[2H])cccc8C([2H])([2H])[2H])cc76)ccc5)ccc4c4ccccc43)cc2C([2H])([2H])[2H])c([2H])c1[2H].[Pt]. The summed E-state index contributed by atoms with van der Waals surface area (Å²) in [6.07, 6.45) is 4.33. The molecular weight excluding hydrogens is 1390 g/mol. The smallest absolute Gasteiger partial charge is 0.268 e. The Hall–Kier alpha value is -11.0. The molecule has 7 heteroatoms. The number of aryl methyl sites for hydroxylation is 3. The zero-order chi connectivity index (χ0) is 102. The van der Waals surface area contributed by atoms with Gasteiger partial charge in [0.2, 0.25) is 0 Å². The molecule has 0 bridgehead atoms. The summed E-state index contributed by atoms with van der Waals surface area (Å²) in [5, 5.41) is -3.18. The molecule has 98 heavy (non-hydrogen) atoms. The first-order chi connectivity index (χ1) is 64.8. The Kier molecular flexibility index (Phi) is 8.41. The number of aromatic nitrogens is 4. The number of hydrogen-bond donors (Lipinski definition) is 0. The second-order valence-electron chi connectivity index (χ2n) is 23.2. The van der Waals surface area contributed by atoms with Crippen LogP contribution in [0.1, 0.15) is 101 Å². The third-order valence-corrected chi connectivity index (χ3v) is 20.6. The Morgan fingerprint density at radius 1 is 0.480 bits per heavy atom. The topological polar surface area (TPSA) is 35.9 Å². The first-order valence-corrected chi connectivity index (χ1v) is 31.9. The van der Waals surface area contributed by atoms with Crippen LogP contribution in [0.2, 0.25) is 0 Å². The van der Waals surface area contributed by atoms with E-state index in [9.17, 15) is 30.2 Å². The van der Waals surface area contributed by atoms with Crippen LogP contribution in [0, 0.1) is 39.0 Å². The first kappa shape index (κ1) is 31.5. The fourth-order valence-electron chi connectivity index (χ4n) is 12.0. The van der Waals surface area contributed by atoms with E-state index in [-0.39, 0.29) is 77.3 Å². The number of benzene rings is 13. The number of fused-ring (bicyclic) bond motifs is 4. The Morgan fingerprint density at radius 2 is 1.04 bits per heavy atom. The molecule has 0 saturated carbocycles. The minimum absolute atomic E-state index is 0. The summed E-state index contributed by atoms with van der Waals surface area (Å²) in [6, 6.07) is -5.75. The molecule has 476 valence electrons. The Morgan fingerprint density at radius 3 is 1.64 bits per heavy atom. The number of para-hydroxylation sites is 1. The standard InChI is InChI=1S/C91H70N4OSi.Pt/c1-62-29-27-30-63(2)89(62)68-47-50-84-86(55-68)93(73-37-28-38-74(58-73)96-75-48-49-80-79-45-25-26-46-83(79)95(85(80)59-75)88-51-64(3)82(60-92-88)67-35-17-9-18-36-67)61-94(84)90-81(71-53-69(65-31-13-7-14-32-65)52-70(54-71)66-33-15-8-16-34-66)56-72(91(4,5)6)57-87(90)97(76-39-19-10-20-40-76,77-41-21-11-22-42-77)78-43-23-12-24-44-78;/h7-57,60H,1-6H3;/q-2;/i1D3,2D3,3D3,7D,8D,9D,10D,11D,12D,13D,14D,15D,16D,17D,18D,19D,20D,21D,22D,23D,24D,31D,32D,33D,34D,35D,36D,39D,40D,41D,42D,43D,44D,52D,53D,54D;. The van der Waals surface area contributed by atoms with Gasteiger partial charge in [-0.3, -0.25) is 4.57 Å². The van der Waals surface area contributed by atoms with Crippen LogP contribution < -0.4 is 30.1 Å². The van der Waals surface area contributed by atoms with Gasteiger partial charge in [-0.2, -0.15) is 18.2 Å². The van der Waals surface area contributed by atoms with Crippen LogP contribution in [0.15, 0.2) is 315 Å². The molecule has 0 saturated heterocycles. The van der Waals surface area contributed by atoms with E-state index in [1.54, 1.807) is 30.3 Å². The van der Waals surface area contributed by atoms with Gasteiger partial charge in [0.15, 0.2) is 8.07 Å². The van der Waals surface area contributed by atoms with Gasteiger partial charge in [0.25, 0.3) is 6.33 Å². The van der Waals surface area contributed by atoms with Gasteiger partial charge in [-0.1, -0.05) is 268 Å². The van der Waals surface area contributed by atoms with E-state index in [2.05, 4.69) is 23.4 Å². The average Bonchev–Trinajstić information content (AvgIpc) is 0.901. The number of rotatable bonds is 14. The molecule has 3 aromatic heterocycles. The number of pyridine rings is 1.